The zero-order valence-electron chi connectivity index (χ0n) is 23.5. The van der Waals surface area contributed by atoms with Crippen LogP contribution in [0.2, 0.25) is 0 Å². The van der Waals surface area contributed by atoms with E-state index >= 15 is 0 Å². The molecule has 0 unspecified atom stereocenters. The van der Waals surface area contributed by atoms with E-state index in [4.69, 9.17) is 18.9 Å². The van der Waals surface area contributed by atoms with E-state index < -0.39 is 17.7 Å². The smallest absolute Gasteiger partial charge is 0.295 e. The van der Waals surface area contributed by atoms with Crippen LogP contribution >= 0.6 is 0 Å². The molecule has 0 saturated carbocycles. The van der Waals surface area contributed by atoms with E-state index in [1.165, 1.54) is 4.90 Å². The van der Waals surface area contributed by atoms with Gasteiger partial charge in [-0.1, -0.05) is 26.0 Å². The number of rotatable bonds is 10. The summed E-state index contributed by atoms with van der Waals surface area (Å²) in [7, 11) is 0. The molecule has 1 saturated heterocycles. The first kappa shape index (κ1) is 28.0. The summed E-state index contributed by atoms with van der Waals surface area (Å²) in [6, 6.07) is 13.0. The van der Waals surface area contributed by atoms with Gasteiger partial charge in [-0.3, -0.25) is 14.6 Å². The van der Waals surface area contributed by atoms with E-state index in [0.717, 1.165) is 12.0 Å². The Bertz CT molecular complexity index is 1450. The minimum absolute atomic E-state index is 0.0218. The average molecular weight is 559 g/mol. The lowest BCUT2D eigenvalue weighted by Crippen LogP contribution is -2.29. The molecule has 9 heteroatoms. The van der Waals surface area contributed by atoms with E-state index in [1.807, 2.05) is 13.0 Å². The molecule has 2 aliphatic rings. The van der Waals surface area contributed by atoms with Gasteiger partial charge in [0.05, 0.1) is 24.8 Å². The molecule has 1 amide bonds. The third-order valence-corrected chi connectivity index (χ3v) is 6.97. The monoisotopic (exact) mass is 558 g/mol. The van der Waals surface area contributed by atoms with Crippen molar-refractivity contribution < 1.29 is 33.6 Å². The van der Waals surface area contributed by atoms with Crippen molar-refractivity contribution >= 4 is 17.4 Å². The number of hydrogen-bond acceptors (Lipinski definition) is 8. The second-order valence-electron chi connectivity index (χ2n) is 10.3. The van der Waals surface area contributed by atoms with Crippen molar-refractivity contribution in [3.63, 3.8) is 0 Å². The summed E-state index contributed by atoms with van der Waals surface area (Å²) in [6.07, 6.45) is 4.17. The zero-order valence-corrected chi connectivity index (χ0v) is 23.5. The lowest BCUT2D eigenvalue weighted by molar-refractivity contribution is -0.140. The number of amides is 1. The van der Waals surface area contributed by atoms with Crippen molar-refractivity contribution in [3.05, 3.63) is 83.2 Å². The van der Waals surface area contributed by atoms with E-state index in [2.05, 4.69) is 18.8 Å². The molecule has 1 fully saturated rings. The first-order valence-electron chi connectivity index (χ1n) is 13.8. The highest BCUT2D eigenvalue weighted by Gasteiger charge is 2.46. The number of aliphatic hydroxyl groups excluding tert-OH is 1. The van der Waals surface area contributed by atoms with Crippen molar-refractivity contribution in [1.29, 1.82) is 0 Å². The van der Waals surface area contributed by atoms with Gasteiger partial charge in [0.25, 0.3) is 11.7 Å². The van der Waals surface area contributed by atoms with Gasteiger partial charge in [0, 0.05) is 24.5 Å². The molecule has 2 aromatic carbocycles. The van der Waals surface area contributed by atoms with Crippen molar-refractivity contribution in [1.82, 2.24) is 9.88 Å². The topological polar surface area (TPSA) is 107 Å². The van der Waals surface area contributed by atoms with Crippen LogP contribution in [0.5, 0.6) is 23.0 Å². The molecule has 0 radical (unpaired) electrons. The highest BCUT2D eigenvalue weighted by atomic mass is 16.6. The summed E-state index contributed by atoms with van der Waals surface area (Å²) in [6.45, 7) is 7.98. The molecular weight excluding hydrogens is 524 g/mol. The number of aromatic nitrogens is 1. The van der Waals surface area contributed by atoms with Crippen LogP contribution < -0.4 is 18.9 Å². The lowest BCUT2D eigenvalue weighted by atomic mass is 9.94. The van der Waals surface area contributed by atoms with E-state index in [-0.39, 0.29) is 17.9 Å². The van der Waals surface area contributed by atoms with Crippen LogP contribution in [0, 0.1) is 5.92 Å². The van der Waals surface area contributed by atoms with E-state index in [1.54, 1.807) is 54.9 Å². The SMILES string of the molecule is CCOc1cc([C@@H]2/C(=C(\O)c3ccc4c(c3)OCCO4)C(=O)C(=O)N2Cc2cccnc2)ccc1OCCC(C)C. The lowest BCUT2D eigenvalue weighted by Gasteiger charge is -2.26. The molecule has 214 valence electrons. The largest absolute Gasteiger partial charge is 0.507 e. The van der Waals surface area contributed by atoms with Crippen LogP contribution in [0.4, 0.5) is 0 Å². The van der Waals surface area contributed by atoms with Gasteiger partial charge in [-0.05, 0) is 66.8 Å². The summed E-state index contributed by atoms with van der Waals surface area (Å²) in [4.78, 5) is 32.6. The van der Waals surface area contributed by atoms with Gasteiger partial charge >= 0.3 is 0 Å². The number of pyridine rings is 1. The third-order valence-electron chi connectivity index (χ3n) is 6.97. The molecule has 1 N–H and O–H groups in total. The van der Waals surface area contributed by atoms with E-state index in [0.29, 0.717) is 66.5 Å². The van der Waals surface area contributed by atoms with Crippen LogP contribution in [0.1, 0.15) is 49.9 Å². The van der Waals surface area contributed by atoms with Gasteiger partial charge in [-0.25, -0.2) is 0 Å². The highest BCUT2D eigenvalue weighted by Crippen LogP contribution is 2.43. The predicted molar refractivity (Wildman–Crippen MR) is 152 cm³/mol. The number of hydrogen-bond donors (Lipinski definition) is 1. The maximum atomic E-state index is 13.5. The molecular formula is C32H34N2O7. The first-order valence-corrected chi connectivity index (χ1v) is 13.8. The Morgan fingerprint density at radius 3 is 2.59 bits per heavy atom. The number of benzene rings is 2. The number of nitrogens with zero attached hydrogens (tertiary/aromatic N) is 2. The number of likely N-dealkylation sites (tertiary alicyclic amines) is 1. The Morgan fingerprint density at radius 2 is 1.85 bits per heavy atom. The van der Waals surface area contributed by atoms with Gasteiger partial charge in [0.1, 0.15) is 19.0 Å². The zero-order chi connectivity index (χ0) is 28.9. The molecule has 9 nitrogen and oxygen atoms in total. The highest BCUT2D eigenvalue weighted by molar-refractivity contribution is 6.46. The normalized spacial score (nSPS) is 17.7. The minimum Gasteiger partial charge on any atom is -0.507 e. The Morgan fingerprint density at radius 1 is 1.05 bits per heavy atom. The van der Waals surface area contributed by atoms with Crippen molar-refractivity contribution in [2.75, 3.05) is 26.4 Å². The van der Waals surface area contributed by atoms with E-state index in [9.17, 15) is 14.7 Å². The number of ketones is 1. The summed E-state index contributed by atoms with van der Waals surface area (Å²) in [5, 5.41) is 11.5. The molecule has 0 aliphatic carbocycles. The fraction of sp³-hybridized carbons (Fsp3) is 0.344. The summed E-state index contributed by atoms with van der Waals surface area (Å²) >= 11 is 0. The second-order valence-corrected chi connectivity index (χ2v) is 10.3. The number of carbonyl (C=O) groups excluding carboxylic acids is 2. The summed E-state index contributed by atoms with van der Waals surface area (Å²) in [5.41, 5.74) is 1.67. The number of ether oxygens (including phenoxy) is 4. The van der Waals surface area contributed by atoms with Gasteiger partial charge < -0.3 is 29.0 Å². The molecule has 3 aromatic rings. The molecule has 5 rings (SSSR count). The standard InChI is InChI=1S/C32H34N2O7/c1-4-38-26-16-22(7-9-24(26)39-13-11-20(2)3)29-28(30(35)23-8-10-25-27(17-23)41-15-14-40-25)31(36)32(37)34(29)19-21-6-5-12-33-18-21/h5-10,12,16-18,20,29,35H,4,11,13-15,19H2,1-3H3/b30-28+/t29-/m1/s1. The number of Topliss-reactive ketones (excluding diaryl/α,β-unsaturated/α-hetero) is 1. The quantitative estimate of drug-likeness (QED) is 0.203. The molecule has 0 spiro atoms. The van der Waals surface area contributed by atoms with Crippen LogP contribution in [-0.2, 0) is 16.1 Å². The maximum Gasteiger partial charge on any atom is 0.295 e. The van der Waals surface area contributed by atoms with Gasteiger partial charge in [0.2, 0.25) is 0 Å². The Hall–Kier alpha value is -4.53. The van der Waals surface area contributed by atoms with Crippen LogP contribution in [0.3, 0.4) is 0 Å². The maximum absolute atomic E-state index is 13.5. The van der Waals surface area contributed by atoms with Gasteiger partial charge in [-0.2, -0.15) is 0 Å². The first-order chi connectivity index (χ1) is 19.9. The number of fused-ring (bicyclic) bond motifs is 1. The van der Waals surface area contributed by atoms with Gasteiger partial charge in [0.15, 0.2) is 23.0 Å². The van der Waals surface area contributed by atoms with Crippen LogP contribution in [-0.4, -0.2) is 53.1 Å². The van der Waals surface area contributed by atoms with Crippen molar-refractivity contribution in [2.45, 2.75) is 39.8 Å². The van der Waals surface area contributed by atoms with Crippen molar-refractivity contribution in [3.8, 4) is 23.0 Å². The fourth-order valence-electron chi connectivity index (χ4n) is 4.91. The Labute approximate surface area is 239 Å². The third kappa shape index (κ3) is 5.99. The minimum atomic E-state index is -0.882. The summed E-state index contributed by atoms with van der Waals surface area (Å²) in [5.74, 6) is 0.785. The number of aliphatic hydroxyl groups is 1. The Kier molecular flexibility index (Phi) is 8.42. The predicted octanol–water partition coefficient (Wildman–Crippen LogP) is 5.30. The van der Waals surface area contributed by atoms with Crippen LogP contribution in [0.15, 0.2) is 66.5 Å². The average Bonchev–Trinajstić information content (AvgIpc) is 3.22. The van der Waals surface area contributed by atoms with Gasteiger partial charge in [-0.15, -0.1) is 0 Å². The summed E-state index contributed by atoms with van der Waals surface area (Å²) < 4.78 is 23.2. The molecule has 41 heavy (non-hydrogen) atoms. The molecule has 1 aromatic heterocycles. The Balaban J connectivity index is 1.60. The fourth-order valence-corrected chi connectivity index (χ4v) is 4.91. The molecule has 2 aliphatic heterocycles. The molecule has 3 heterocycles. The van der Waals surface area contributed by atoms with Crippen LogP contribution in [0.25, 0.3) is 5.76 Å². The molecule has 1 atom stereocenters. The number of carbonyl (C=O) groups is 2. The molecule has 0 bridgehead atoms. The van der Waals surface area contributed by atoms with Crippen molar-refractivity contribution in [2.24, 2.45) is 5.92 Å². The second kappa shape index (κ2) is 12.3.